The van der Waals surface area contributed by atoms with Crippen molar-refractivity contribution < 1.29 is 36.9 Å². The van der Waals surface area contributed by atoms with Gasteiger partial charge in [-0.25, -0.2) is 4.79 Å². The summed E-state index contributed by atoms with van der Waals surface area (Å²) in [5, 5.41) is 2.43. The summed E-state index contributed by atoms with van der Waals surface area (Å²) in [6, 6.07) is 10.6. The maximum Gasteiger partial charge on any atom is 0.350 e. The highest BCUT2D eigenvalue weighted by atomic mass is 16.9. The molecule has 1 saturated heterocycles. The molecule has 0 amide bonds. The topological polar surface area (TPSA) is 103 Å². The highest BCUT2D eigenvalue weighted by molar-refractivity contribution is 6.00. The molecule has 0 radical (unpaired) electrons. The normalized spacial score (nSPS) is 20.9. The first-order valence-electron chi connectivity index (χ1n) is 13.3. The molecule has 0 N–H and O–H groups in total. The smallest absolute Gasteiger partial charge is 0.350 e. The Hall–Kier alpha value is -4.47. The van der Waals surface area contributed by atoms with Crippen LogP contribution in [0.5, 0.6) is 17.2 Å². The summed E-state index contributed by atoms with van der Waals surface area (Å²) in [5.41, 5.74) is 1.98. The van der Waals surface area contributed by atoms with Gasteiger partial charge in [-0.2, -0.15) is 0 Å². The molecule has 5 heterocycles. The first-order chi connectivity index (χ1) is 19.7. The summed E-state index contributed by atoms with van der Waals surface area (Å²) in [6.07, 6.45) is 8.22. The van der Waals surface area contributed by atoms with Crippen LogP contribution in [0, 0.1) is 0 Å². The molecule has 9 heteroatoms. The third kappa shape index (κ3) is 4.38. The lowest BCUT2D eigenvalue weighted by Gasteiger charge is -2.31. The van der Waals surface area contributed by atoms with Crippen LogP contribution in [0.4, 0.5) is 0 Å². The molecule has 5 aromatic rings. The van der Waals surface area contributed by atoms with E-state index < -0.39 is 23.3 Å². The Labute approximate surface area is 234 Å². The lowest BCUT2D eigenvalue weighted by molar-refractivity contribution is -0.271. The number of ether oxygens (including phenoxy) is 5. The van der Waals surface area contributed by atoms with Crippen molar-refractivity contribution in [2.45, 2.75) is 45.4 Å². The predicted octanol–water partition coefficient (Wildman–Crippen LogP) is 6.96. The second-order valence-electron chi connectivity index (χ2n) is 10.9. The van der Waals surface area contributed by atoms with Crippen LogP contribution in [0.25, 0.3) is 39.0 Å². The van der Waals surface area contributed by atoms with Crippen molar-refractivity contribution in [3.05, 3.63) is 82.6 Å². The zero-order chi connectivity index (χ0) is 28.4. The number of fused-ring (bicyclic) bond motifs is 4. The van der Waals surface area contributed by atoms with Crippen molar-refractivity contribution in [3.63, 3.8) is 0 Å². The number of benzene rings is 2. The van der Waals surface area contributed by atoms with Crippen molar-refractivity contribution in [2.24, 2.45) is 0 Å². The Bertz CT molecular complexity index is 1910. The van der Waals surface area contributed by atoms with Crippen molar-refractivity contribution in [1.29, 1.82) is 0 Å². The highest BCUT2D eigenvalue weighted by Gasteiger charge is 2.55. The first-order valence-corrected chi connectivity index (χ1v) is 13.3. The van der Waals surface area contributed by atoms with Crippen LogP contribution < -0.4 is 19.8 Å². The molecule has 1 fully saturated rings. The van der Waals surface area contributed by atoms with Crippen LogP contribution in [0.3, 0.4) is 0 Å². The molecule has 41 heavy (non-hydrogen) atoms. The van der Waals surface area contributed by atoms with E-state index in [0.717, 1.165) is 21.9 Å². The molecule has 0 saturated carbocycles. The molecule has 2 aliphatic rings. The first kappa shape index (κ1) is 25.5. The van der Waals surface area contributed by atoms with Gasteiger partial charge in [-0.3, -0.25) is 0 Å². The van der Waals surface area contributed by atoms with E-state index in [1.165, 1.54) is 6.07 Å². The fraction of sp³-hybridized carbons (Fsp3) is 0.281. The van der Waals surface area contributed by atoms with Crippen molar-refractivity contribution in [3.8, 4) is 17.2 Å². The SMILES string of the molecule is CC(C)=CCOc1c2c(cc3ccoc13)C=C[C@]1(O2)O[C@H](COc2c3occc3cc3ccc(=O)oc23)C(C)(C)O1. The van der Waals surface area contributed by atoms with E-state index in [1.807, 2.05) is 64.1 Å². The monoisotopic (exact) mass is 556 g/mol. The summed E-state index contributed by atoms with van der Waals surface area (Å²) < 4.78 is 48.6. The standard InChI is InChI=1S/C32H28O9/c1-18(2)8-12-36-30-26-22(10-14-35-26)16-20-7-11-32(40-28(20)30)39-23(31(3,4)41-32)17-37-29-25-21(9-13-34-25)15-19-5-6-24(33)38-27(19)29/h5-11,13-16,23H,12,17H2,1-4H3/t23-,32-/m1/s1. The van der Waals surface area contributed by atoms with Gasteiger partial charge in [0.2, 0.25) is 11.5 Å². The Balaban J connectivity index is 1.20. The van der Waals surface area contributed by atoms with E-state index in [4.69, 9.17) is 36.9 Å². The van der Waals surface area contributed by atoms with E-state index in [1.54, 1.807) is 24.7 Å². The number of rotatable bonds is 6. The Kier molecular flexibility index (Phi) is 5.78. The molecule has 0 unspecified atom stereocenters. The van der Waals surface area contributed by atoms with E-state index in [2.05, 4.69) is 0 Å². The van der Waals surface area contributed by atoms with Gasteiger partial charge in [0, 0.05) is 33.9 Å². The second kappa shape index (κ2) is 9.29. The summed E-state index contributed by atoms with van der Waals surface area (Å²) in [4.78, 5) is 12.0. The quantitative estimate of drug-likeness (QED) is 0.162. The van der Waals surface area contributed by atoms with Gasteiger partial charge in [0.05, 0.1) is 18.1 Å². The minimum Gasteiger partial charge on any atom is -0.483 e. The number of hydrogen-bond acceptors (Lipinski definition) is 9. The minimum absolute atomic E-state index is 0.0630. The van der Waals surface area contributed by atoms with Gasteiger partial charge in [-0.15, -0.1) is 0 Å². The fourth-order valence-electron chi connectivity index (χ4n) is 5.15. The molecule has 9 nitrogen and oxygen atoms in total. The lowest BCUT2D eigenvalue weighted by Crippen LogP contribution is -2.39. The van der Waals surface area contributed by atoms with Crippen molar-refractivity contribution >= 4 is 39.0 Å². The van der Waals surface area contributed by atoms with Crippen molar-refractivity contribution in [2.75, 3.05) is 13.2 Å². The van der Waals surface area contributed by atoms with Gasteiger partial charge >= 0.3 is 11.6 Å². The number of hydrogen-bond donors (Lipinski definition) is 0. The summed E-state index contributed by atoms with van der Waals surface area (Å²) in [6.45, 7) is 8.22. The van der Waals surface area contributed by atoms with Gasteiger partial charge in [0.15, 0.2) is 22.5 Å². The van der Waals surface area contributed by atoms with Crippen LogP contribution in [0.15, 0.2) is 84.7 Å². The van der Waals surface area contributed by atoms with E-state index in [-0.39, 0.29) is 6.61 Å². The average Bonchev–Trinajstić information content (AvgIpc) is 3.64. The Morgan fingerprint density at radius 1 is 0.927 bits per heavy atom. The molecule has 2 aromatic carbocycles. The van der Waals surface area contributed by atoms with Crippen LogP contribution in [-0.2, 0) is 9.47 Å². The molecular formula is C32H28O9. The minimum atomic E-state index is -1.52. The van der Waals surface area contributed by atoms with Crippen LogP contribution in [0.2, 0.25) is 0 Å². The Morgan fingerprint density at radius 2 is 1.66 bits per heavy atom. The molecule has 2 atom stereocenters. The van der Waals surface area contributed by atoms with Crippen LogP contribution >= 0.6 is 0 Å². The average molecular weight is 557 g/mol. The Morgan fingerprint density at radius 3 is 2.44 bits per heavy atom. The second-order valence-corrected chi connectivity index (χ2v) is 10.9. The molecule has 0 aliphatic carbocycles. The molecule has 7 rings (SSSR count). The summed E-state index contributed by atoms with van der Waals surface area (Å²) in [7, 11) is 0. The van der Waals surface area contributed by atoms with Gasteiger partial charge in [-0.05, 0) is 70.2 Å². The van der Waals surface area contributed by atoms with Gasteiger partial charge in [0.25, 0.3) is 0 Å². The van der Waals surface area contributed by atoms with Crippen LogP contribution in [0.1, 0.15) is 33.3 Å². The molecular weight excluding hydrogens is 528 g/mol. The van der Waals surface area contributed by atoms with E-state index >= 15 is 0 Å². The van der Waals surface area contributed by atoms with E-state index in [0.29, 0.717) is 46.0 Å². The maximum atomic E-state index is 12.0. The summed E-state index contributed by atoms with van der Waals surface area (Å²) >= 11 is 0. The van der Waals surface area contributed by atoms with Gasteiger partial charge in [0.1, 0.15) is 19.3 Å². The molecule has 210 valence electrons. The highest BCUT2D eigenvalue weighted by Crippen LogP contribution is 2.49. The largest absolute Gasteiger partial charge is 0.483 e. The third-order valence-electron chi connectivity index (χ3n) is 7.26. The molecule has 1 spiro atoms. The van der Waals surface area contributed by atoms with Crippen LogP contribution in [-0.4, -0.2) is 30.9 Å². The zero-order valence-electron chi connectivity index (χ0n) is 23.0. The number of allylic oxidation sites excluding steroid dienone is 1. The maximum absolute atomic E-state index is 12.0. The summed E-state index contributed by atoms with van der Waals surface area (Å²) in [5.74, 6) is -0.270. The van der Waals surface area contributed by atoms with E-state index in [9.17, 15) is 4.79 Å². The molecule has 3 aromatic heterocycles. The number of furan rings is 2. The lowest BCUT2D eigenvalue weighted by atomic mass is 10.0. The zero-order valence-corrected chi connectivity index (χ0v) is 23.0. The predicted molar refractivity (Wildman–Crippen MR) is 151 cm³/mol. The van der Waals surface area contributed by atoms with Gasteiger partial charge in [-0.1, -0.05) is 5.57 Å². The third-order valence-corrected chi connectivity index (χ3v) is 7.26. The van der Waals surface area contributed by atoms with Crippen molar-refractivity contribution in [1.82, 2.24) is 0 Å². The molecule has 0 bridgehead atoms. The van der Waals surface area contributed by atoms with Gasteiger partial charge < -0.3 is 36.9 Å². The fourth-order valence-corrected chi connectivity index (χ4v) is 5.15. The molecule has 2 aliphatic heterocycles.